The summed E-state index contributed by atoms with van der Waals surface area (Å²) >= 11 is 0. The van der Waals surface area contributed by atoms with Crippen molar-refractivity contribution in [2.24, 2.45) is 0 Å². The molecule has 17 heavy (non-hydrogen) atoms. The van der Waals surface area contributed by atoms with Gasteiger partial charge in [0, 0.05) is 20.0 Å². The zero-order valence-electron chi connectivity index (χ0n) is 10.7. The van der Waals surface area contributed by atoms with E-state index < -0.39 is 0 Å². The molecule has 0 aromatic heterocycles. The number of carbonyl (C=O) groups is 1. The van der Waals surface area contributed by atoms with Crippen LogP contribution in [0, 0.1) is 0 Å². The number of para-hydroxylation sites is 1. The lowest BCUT2D eigenvalue weighted by molar-refractivity contribution is -0.130. The highest BCUT2D eigenvalue weighted by atomic mass is 16.5. The fraction of sp³-hybridized carbons (Fsp3) is 0.500. The first kappa shape index (κ1) is 13.6. The third-order valence-electron chi connectivity index (χ3n) is 2.54. The molecule has 0 radical (unpaired) electrons. The number of hydrogen-bond acceptors (Lipinski definition) is 2. The van der Waals surface area contributed by atoms with E-state index in [-0.39, 0.29) is 5.91 Å². The van der Waals surface area contributed by atoms with Crippen LogP contribution in [0.25, 0.3) is 0 Å². The van der Waals surface area contributed by atoms with Crippen LogP contribution in [-0.2, 0) is 4.79 Å². The monoisotopic (exact) mass is 235 g/mol. The zero-order chi connectivity index (χ0) is 12.5. The summed E-state index contributed by atoms with van der Waals surface area (Å²) in [6, 6.07) is 9.74. The third-order valence-corrected chi connectivity index (χ3v) is 2.54. The van der Waals surface area contributed by atoms with Crippen LogP contribution in [0.15, 0.2) is 30.3 Å². The minimum Gasteiger partial charge on any atom is -0.494 e. The molecule has 0 heterocycles. The van der Waals surface area contributed by atoms with Gasteiger partial charge in [0.2, 0.25) is 5.91 Å². The molecule has 0 saturated heterocycles. The van der Waals surface area contributed by atoms with Gasteiger partial charge in [-0.25, -0.2) is 0 Å². The van der Waals surface area contributed by atoms with Gasteiger partial charge in [-0.3, -0.25) is 4.79 Å². The van der Waals surface area contributed by atoms with E-state index in [0.717, 1.165) is 25.1 Å². The van der Waals surface area contributed by atoms with E-state index in [0.29, 0.717) is 13.0 Å². The minimum absolute atomic E-state index is 0.215. The molecule has 0 fully saturated rings. The second-order valence-electron chi connectivity index (χ2n) is 4.08. The van der Waals surface area contributed by atoms with E-state index in [2.05, 4.69) is 0 Å². The molecule has 1 rings (SSSR count). The normalized spacial score (nSPS) is 10.0. The van der Waals surface area contributed by atoms with Crippen LogP contribution in [0.1, 0.15) is 26.2 Å². The fourth-order valence-corrected chi connectivity index (χ4v) is 1.54. The topological polar surface area (TPSA) is 29.5 Å². The van der Waals surface area contributed by atoms with Crippen molar-refractivity contribution in [3.8, 4) is 5.75 Å². The Kier molecular flexibility index (Phi) is 6.15. The van der Waals surface area contributed by atoms with Gasteiger partial charge >= 0.3 is 0 Å². The molecule has 0 aliphatic rings. The molecule has 3 heteroatoms. The van der Waals surface area contributed by atoms with E-state index >= 15 is 0 Å². The molecular formula is C14H21NO2. The lowest BCUT2D eigenvalue weighted by atomic mass is 10.3. The summed E-state index contributed by atoms with van der Waals surface area (Å²) in [7, 11) is 1.85. The van der Waals surface area contributed by atoms with E-state index in [9.17, 15) is 4.79 Å². The predicted octanol–water partition coefficient (Wildman–Crippen LogP) is 2.71. The second-order valence-corrected chi connectivity index (χ2v) is 4.08. The van der Waals surface area contributed by atoms with Crippen LogP contribution in [0.5, 0.6) is 5.75 Å². The minimum atomic E-state index is 0.215. The molecule has 0 atom stereocenters. The molecule has 94 valence electrons. The average Bonchev–Trinajstić information content (AvgIpc) is 2.36. The standard InChI is InChI=1S/C14H21NO2/c1-3-8-14(16)15(2)11-7-12-17-13-9-5-4-6-10-13/h4-6,9-10H,3,7-8,11-12H2,1-2H3. The first-order valence-electron chi connectivity index (χ1n) is 6.16. The molecule has 0 spiro atoms. The van der Waals surface area contributed by atoms with Gasteiger partial charge in [-0.1, -0.05) is 25.1 Å². The van der Waals surface area contributed by atoms with Crippen molar-refractivity contribution in [1.82, 2.24) is 4.90 Å². The average molecular weight is 235 g/mol. The van der Waals surface area contributed by atoms with Crippen molar-refractivity contribution in [2.75, 3.05) is 20.2 Å². The summed E-state index contributed by atoms with van der Waals surface area (Å²) in [4.78, 5) is 13.3. The molecule has 1 aromatic rings. The maximum atomic E-state index is 11.5. The lowest BCUT2D eigenvalue weighted by Gasteiger charge is -2.16. The Labute approximate surface area is 103 Å². The van der Waals surface area contributed by atoms with Crippen LogP contribution in [-0.4, -0.2) is 31.0 Å². The maximum absolute atomic E-state index is 11.5. The number of ether oxygens (including phenoxy) is 1. The fourth-order valence-electron chi connectivity index (χ4n) is 1.54. The van der Waals surface area contributed by atoms with Gasteiger partial charge in [-0.05, 0) is 25.0 Å². The number of carbonyl (C=O) groups excluding carboxylic acids is 1. The number of hydrogen-bond donors (Lipinski definition) is 0. The van der Waals surface area contributed by atoms with Crippen molar-refractivity contribution in [2.45, 2.75) is 26.2 Å². The van der Waals surface area contributed by atoms with Gasteiger partial charge in [-0.15, -0.1) is 0 Å². The highest BCUT2D eigenvalue weighted by Gasteiger charge is 2.06. The van der Waals surface area contributed by atoms with E-state index in [1.807, 2.05) is 44.3 Å². The van der Waals surface area contributed by atoms with Crippen LogP contribution in [0.2, 0.25) is 0 Å². The first-order chi connectivity index (χ1) is 8.24. The van der Waals surface area contributed by atoms with Gasteiger partial charge in [0.05, 0.1) is 6.61 Å². The largest absolute Gasteiger partial charge is 0.494 e. The summed E-state index contributed by atoms with van der Waals surface area (Å²) in [5, 5.41) is 0. The Bertz CT molecular complexity index is 324. The first-order valence-corrected chi connectivity index (χ1v) is 6.16. The predicted molar refractivity (Wildman–Crippen MR) is 69.1 cm³/mol. The molecular weight excluding hydrogens is 214 g/mol. The lowest BCUT2D eigenvalue weighted by Crippen LogP contribution is -2.28. The summed E-state index contributed by atoms with van der Waals surface area (Å²) in [6.07, 6.45) is 2.40. The Morgan fingerprint density at radius 1 is 1.29 bits per heavy atom. The Balaban J connectivity index is 2.14. The molecule has 1 amide bonds. The van der Waals surface area contributed by atoms with E-state index in [1.54, 1.807) is 4.90 Å². The molecule has 0 N–H and O–H groups in total. The van der Waals surface area contributed by atoms with E-state index in [4.69, 9.17) is 4.74 Å². The number of rotatable bonds is 7. The van der Waals surface area contributed by atoms with Crippen molar-refractivity contribution < 1.29 is 9.53 Å². The summed E-state index contributed by atoms with van der Waals surface area (Å²) in [6.45, 7) is 3.42. The number of benzene rings is 1. The SMILES string of the molecule is CCCC(=O)N(C)CCCOc1ccccc1. The van der Waals surface area contributed by atoms with Crippen molar-refractivity contribution in [1.29, 1.82) is 0 Å². The molecule has 0 unspecified atom stereocenters. The van der Waals surface area contributed by atoms with Crippen LogP contribution in [0.3, 0.4) is 0 Å². The summed E-state index contributed by atoms with van der Waals surface area (Å²) < 4.78 is 5.56. The number of amides is 1. The molecule has 3 nitrogen and oxygen atoms in total. The highest BCUT2D eigenvalue weighted by Crippen LogP contribution is 2.08. The highest BCUT2D eigenvalue weighted by molar-refractivity contribution is 5.75. The maximum Gasteiger partial charge on any atom is 0.222 e. The van der Waals surface area contributed by atoms with Crippen LogP contribution >= 0.6 is 0 Å². The summed E-state index contributed by atoms with van der Waals surface area (Å²) in [5.74, 6) is 1.10. The van der Waals surface area contributed by atoms with Crippen LogP contribution in [0.4, 0.5) is 0 Å². The Morgan fingerprint density at radius 3 is 2.65 bits per heavy atom. The zero-order valence-corrected chi connectivity index (χ0v) is 10.7. The second kappa shape index (κ2) is 7.71. The molecule has 0 aliphatic heterocycles. The van der Waals surface area contributed by atoms with Gasteiger partial charge in [0.25, 0.3) is 0 Å². The van der Waals surface area contributed by atoms with E-state index in [1.165, 1.54) is 0 Å². The van der Waals surface area contributed by atoms with Crippen molar-refractivity contribution in [3.63, 3.8) is 0 Å². The van der Waals surface area contributed by atoms with Gasteiger partial charge in [0.1, 0.15) is 5.75 Å². The van der Waals surface area contributed by atoms with Crippen molar-refractivity contribution >= 4 is 5.91 Å². The van der Waals surface area contributed by atoms with Crippen LogP contribution < -0.4 is 4.74 Å². The molecule has 0 saturated carbocycles. The molecule has 0 bridgehead atoms. The molecule has 1 aromatic carbocycles. The third kappa shape index (κ3) is 5.38. The van der Waals surface area contributed by atoms with Gasteiger partial charge < -0.3 is 9.64 Å². The quantitative estimate of drug-likeness (QED) is 0.680. The van der Waals surface area contributed by atoms with Gasteiger partial charge in [-0.2, -0.15) is 0 Å². The van der Waals surface area contributed by atoms with Crippen molar-refractivity contribution in [3.05, 3.63) is 30.3 Å². The summed E-state index contributed by atoms with van der Waals surface area (Å²) in [5.41, 5.74) is 0. The number of nitrogens with zero attached hydrogens (tertiary/aromatic N) is 1. The van der Waals surface area contributed by atoms with Gasteiger partial charge in [0.15, 0.2) is 0 Å². The molecule has 0 aliphatic carbocycles. The Morgan fingerprint density at radius 2 is 2.00 bits per heavy atom. The Hall–Kier alpha value is -1.51. The smallest absolute Gasteiger partial charge is 0.222 e.